The SMILES string of the molecule is COc1cc(N)c(OC)c([C@H](OC)[C@@H](C)C[C@H](OC)[C@H](OC)[C@@H](C)/C=C(\C)[C@H](O[Si](C)(C)C(C)(C)C)[C@@H](C)/C=C/C=C(\C)C(=O)O)c1. The minimum atomic E-state index is -2.16. The summed E-state index contributed by atoms with van der Waals surface area (Å²) in [5, 5.41) is 9.28. The van der Waals surface area contributed by atoms with Gasteiger partial charge in [-0.15, -0.1) is 0 Å². The van der Waals surface area contributed by atoms with Crippen LogP contribution in [0.4, 0.5) is 5.69 Å². The van der Waals surface area contributed by atoms with E-state index in [-0.39, 0.29) is 52.8 Å². The maximum absolute atomic E-state index is 11.3. The second-order valence-electron chi connectivity index (χ2n) is 14.2. The van der Waals surface area contributed by atoms with Gasteiger partial charge in [0.05, 0.1) is 44.3 Å². The van der Waals surface area contributed by atoms with Crippen LogP contribution in [0.5, 0.6) is 11.5 Å². The molecule has 0 bridgehead atoms. The number of hydrogen-bond donors (Lipinski definition) is 2. The second-order valence-corrected chi connectivity index (χ2v) is 18.9. The minimum absolute atomic E-state index is 0.00224. The molecule has 1 rings (SSSR count). The highest BCUT2D eigenvalue weighted by Crippen LogP contribution is 2.42. The van der Waals surface area contributed by atoms with Crippen LogP contribution in [0, 0.1) is 17.8 Å². The number of aliphatic carboxylic acids is 1. The highest BCUT2D eigenvalue weighted by atomic mass is 28.4. The second kappa shape index (κ2) is 18.8. The van der Waals surface area contributed by atoms with E-state index in [4.69, 9.17) is 33.8 Å². The molecule has 0 saturated carbocycles. The molecule has 0 fully saturated rings. The number of anilines is 1. The molecule has 268 valence electrons. The third kappa shape index (κ3) is 11.8. The molecule has 0 amide bonds. The quantitative estimate of drug-likeness (QED) is 0.0491. The fraction of sp³-hybridized carbons (Fsp3) is 0.649. The predicted molar refractivity (Wildman–Crippen MR) is 194 cm³/mol. The molecule has 9 nitrogen and oxygen atoms in total. The van der Waals surface area contributed by atoms with Gasteiger partial charge in [0.2, 0.25) is 0 Å². The molecule has 47 heavy (non-hydrogen) atoms. The molecule has 0 radical (unpaired) electrons. The predicted octanol–water partition coefficient (Wildman–Crippen LogP) is 8.23. The Morgan fingerprint density at radius 3 is 2.04 bits per heavy atom. The van der Waals surface area contributed by atoms with Gasteiger partial charge in [-0.2, -0.15) is 0 Å². The lowest BCUT2D eigenvalue weighted by atomic mass is 9.86. The van der Waals surface area contributed by atoms with Gasteiger partial charge in [0.25, 0.3) is 0 Å². The van der Waals surface area contributed by atoms with E-state index in [0.29, 0.717) is 23.6 Å². The van der Waals surface area contributed by atoms with Crippen LogP contribution in [0.3, 0.4) is 0 Å². The van der Waals surface area contributed by atoms with Gasteiger partial charge < -0.3 is 39.0 Å². The monoisotopic (exact) mass is 677 g/mol. The molecular formula is C37H63NO8Si. The van der Waals surface area contributed by atoms with Gasteiger partial charge in [0.1, 0.15) is 11.5 Å². The molecule has 1 aromatic rings. The number of methoxy groups -OCH3 is 5. The first-order chi connectivity index (χ1) is 21.8. The van der Waals surface area contributed by atoms with Crippen LogP contribution in [0.15, 0.2) is 47.6 Å². The van der Waals surface area contributed by atoms with Gasteiger partial charge in [-0.1, -0.05) is 65.8 Å². The number of hydrogen-bond acceptors (Lipinski definition) is 8. The highest BCUT2D eigenvalue weighted by Gasteiger charge is 2.40. The van der Waals surface area contributed by atoms with E-state index in [0.717, 1.165) is 11.1 Å². The molecule has 0 heterocycles. The van der Waals surface area contributed by atoms with Gasteiger partial charge in [0.15, 0.2) is 8.32 Å². The summed E-state index contributed by atoms with van der Waals surface area (Å²) in [5.74, 6) is 0.248. The van der Waals surface area contributed by atoms with Crippen molar-refractivity contribution in [3.05, 3.63) is 53.1 Å². The first-order valence-electron chi connectivity index (χ1n) is 16.3. The zero-order valence-electron chi connectivity index (χ0n) is 31.6. The average Bonchev–Trinajstić information content (AvgIpc) is 2.98. The van der Waals surface area contributed by atoms with Crippen molar-refractivity contribution in [2.45, 2.75) is 104 Å². The van der Waals surface area contributed by atoms with E-state index in [2.05, 4.69) is 67.6 Å². The third-order valence-corrected chi connectivity index (χ3v) is 13.9. The topological polar surface area (TPSA) is 119 Å². The minimum Gasteiger partial charge on any atom is -0.497 e. The van der Waals surface area contributed by atoms with Crippen molar-refractivity contribution < 1.29 is 38.0 Å². The van der Waals surface area contributed by atoms with Crippen LogP contribution in [-0.4, -0.2) is 73.3 Å². The summed E-state index contributed by atoms with van der Waals surface area (Å²) in [6.07, 6.45) is 7.28. The van der Waals surface area contributed by atoms with Gasteiger partial charge in [0, 0.05) is 50.4 Å². The van der Waals surface area contributed by atoms with Gasteiger partial charge in [-0.25, -0.2) is 4.79 Å². The molecule has 0 unspecified atom stereocenters. The fourth-order valence-electron chi connectivity index (χ4n) is 5.70. The lowest BCUT2D eigenvalue weighted by Gasteiger charge is -2.41. The summed E-state index contributed by atoms with van der Waals surface area (Å²) >= 11 is 0. The molecule has 0 aliphatic heterocycles. The molecule has 0 aliphatic rings. The van der Waals surface area contributed by atoms with E-state index in [1.165, 1.54) is 0 Å². The van der Waals surface area contributed by atoms with Crippen LogP contribution in [-0.2, 0) is 23.4 Å². The Morgan fingerprint density at radius 1 is 0.957 bits per heavy atom. The largest absolute Gasteiger partial charge is 0.497 e. The third-order valence-electron chi connectivity index (χ3n) is 9.48. The standard InChI is InChI=1S/C37H63NO8Si/c1-23(17-16-18-24(2)36(39)40)32(46-47(14,15)37(6,7)8)25(3)19-26(4)34(44-12)31(42-10)20-27(5)33(43-11)29-21-28(41-9)22-30(38)35(29)45-13/h16-19,21-23,26-27,31-34H,20,38H2,1-15H3,(H,39,40)/b17-16+,24-18+,25-19+/t23-,26-,27-,31-,32+,33+,34+/m0/s1. The van der Waals surface area contributed by atoms with E-state index in [1.807, 2.05) is 18.2 Å². The Labute approximate surface area is 285 Å². The molecule has 1 aromatic carbocycles. The summed E-state index contributed by atoms with van der Waals surface area (Å²) in [7, 11) is 6.15. The van der Waals surface area contributed by atoms with E-state index < -0.39 is 14.3 Å². The first-order valence-corrected chi connectivity index (χ1v) is 19.2. The Kier molecular flexibility index (Phi) is 16.9. The van der Waals surface area contributed by atoms with Gasteiger partial charge in [-0.05, 0) is 56.0 Å². The number of allylic oxidation sites excluding steroid dienone is 2. The van der Waals surface area contributed by atoms with Crippen molar-refractivity contribution in [1.29, 1.82) is 0 Å². The summed E-state index contributed by atoms with van der Waals surface area (Å²) in [6, 6.07) is 3.64. The van der Waals surface area contributed by atoms with Crippen molar-refractivity contribution in [1.82, 2.24) is 0 Å². The summed E-state index contributed by atoms with van der Waals surface area (Å²) in [6.45, 7) is 21.2. The normalized spacial score (nSPS) is 17.9. The van der Waals surface area contributed by atoms with E-state index >= 15 is 0 Å². The molecule has 0 aliphatic carbocycles. The number of benzene rings is 1. The van der Waals surface area contributed by atoms with Crippen molar-refractivity contribution in [3.63, 3.8) is 0 Å². The Morgan fingerprint density at radius 2 is 1.57 bits per heavy atom. The summed E-state index contributed by atoms with van der Waals surface area (Å²) < 4.78 is 36.4. The number of carbonyl (C=O) groups is 1. The van der Waals surface area contributed by atoms with E-state index in [9.17, 15) is 9.90 Å². The molecule has 0 spiro atoms. The number of carboxylic acid groups (broad SMARTS) is 1. The lowest BCUT2D eigenvalue weighted by Crippen LogP contribution is -2.45. The summed E-state index contributed by atoms with van der Waals surface area (Å²) in [5.41, 5.74) is 8.96. The van der Waals surface area contributed by atoms with Crippen molar-refractivity contribution >= 4 is 20.0 Å². The highest BCUT2D eigenvalue weighted by molar-refractivity contribution is 6.74. The fourth-order valence-corrected chi connectivity index (χ4v) is 7.09. The van der Waals surface area contributed by atoms with Crippen molar-refractivity contribution in [2.24, 2.45) is 17.8 Å². The van der Waals surface area contributed by atoms with E-state index in [1.54, 1.807) is 54.6 Å². The van der Waals surface area contributed by atoms with Gasteiger partial charge >= 0.3 is 5.97 Å². The molecule has 0 saturated heterocycles. The Balaban J connectivity index is 3.43. The molecule has 0 aromatic heterocycles. The molecule has 10 heteroatoms. The van der Waals surface area contributed by atoms with Crippen LogP contribution < -0.4 is 15.2 Å². The maximum atomic E-state index is 11.3. The van der Waals surface area contributed by atoms with Crippen LogP contribution in [0.25, 0.3) is 0 Å². The zero-order chi connectivity index (χ0) is 36.3. The van der Waals surface area contributed by atoms with Crippen molar-refractivity contribution in [2.75, 3.05) is 41.3 Å². The number of carboxylic acids is 1. The van der Waals surface area contributed by atoms with Crippen LogP contribution in [0.2, 0.25) is 18.1 Å². The zero-order valence-corrected chi connectivity index (χ0v) is 32.6. The Hall–Kier alpha value is -2.63. The summed E-state index contributed by atoms with van der Waals surface area (Å²) in [4.78, 5) is 11.3. The van der Waals surface area contributed by atoms with Crippen LogP contribution in [0.1, 0.15) is 73.5 Å². The molecule has 3 N–H and O–H groups in total. The number of rotatable bonds is 19. The smallest absolute Gasteiger partial charge is 0.331 e. The van der Waals surface area contributed by atoms with Crippen LogP contribution >= 0.6 is 0 Å². The number of nitrogen functional groups attached to an aromatic ring is 1. The number of ether oxygens (including phenoxy) is 5. The number of nitrogens with two attached hydrogens (primary N) is 1. The first kappa shape index (κ1) is 42.4. The lowest BCUT2D eigenvalue weighted by molar-refractivity contribution is -0.132. The maximum Gasteiger partial charge on any atom is 0.331 e. The Bertz CT molecular complexity index is 1240. The molecular weight excluding hydrogens is 614 g/mol. The average molecular weight is 678 g/mol. The van der Waals surface area contributed by atoms with Crippen molar-refractivity contribution in [3.8, 4) is 11.5 Å². The van der Waals surface area contributed by atoms with Gasteiger partial charge in [-0.3, -0.25) is 0 Å². The molecule has 7 atom stereocenters.